The molecule has 1 heterocycles. The first-order valence-electron chi connectivity index (χ1n) is 9.09. The van der Waals surface area contributed by atoms with Crippen molar-refractivity contribution in [1.82, 2.24) is 19.9 Å². The molecule has 7 nitrogen and oxygen atoms in total. The summed E-state index contributed by atoms with van der Waals surface area (Å²) in [6, 6.07) is 7.42. The minimum atomic E-state index is -3.38. The first kappa shape index (κ1) is 25.8. The number of nitrogens with one attached hydrogen (secondary N) is 2. The summed E-state index contributed by atoms with van der Waals surface area (Å²) in [5, 5.41) is 6.40. The molecule has 0 aliphatic rings. The molecule has 2 rings (SSSR count). The summed E-state index contributed by atoms with van der Waals surface area (Å²) in [6.45, 7) is 6.75. The second kappa shape index (κ2) is 11.8. The zero-order chi connectivity index (χ0) is 20.7. The molecule has 10 heteroatoms. The maximum Gasteiger partial charge on any atom is 0.216 e. The molecule has 0 unspecified atom stereocenters. The van der Waals surface area contributed by atoms with Crippen LogP contribution in [-0.2, 0) is 28.9 Å². The number of thiazole rings is 1. The molecule has 162 valence electrons. The third-order valence-electron chi connectivity index (χ3n) is 3.96. The van der Waals surface area contributed by atoms with Gasteiger partial charge in [-0.1, -0.05) is 24.3 Å². The van der Waals surface area contributed by atoms with Gasteiger partial charge < -0.3 is 10.2 Å². The molecule has 0 spiro atoms. The van der Waals surface area contributed by atoms with Crippen molar-refractivity contribution in [1.29, 1.82) is 0 Å². The number of aliphatic imine (C=N–C) groups is 1. The number of guanidine groups is 1. The van der Waals surface area contributed by atoms with Gasteiger partial charge >= 0.3 is 0 Å². The van der Waals surface area contributed by atoms with Crippen LogP contribution in [0.3, 0.4) is 0 Å². The van der Waals surface area contributed by atoms with Gasteiger partial charge in [-0.25, -0.2) is 18.1 Å². The predicted octanol–water partition coefficient (Wildman–Crippen LogP) is 3.10. The van der Waals surface area contributed by atoms with Crippen LogP contribution >= 0.6 is 35.3 Å². The zero-order valence-electron chi connectivity index (χ0n) is 17.5. The van der Waals surface area contributed by atoms with E-state index in [9.17, 15) is 8.42 Å². The quantitative estimate of drug-likeness (QED) is 0.299. The van der Waals surface area contributed by atoms with Crippen molar-refractivity contribution < 1.29 is 8.42 Å². The van der Waals surface area contributed by atoms with Crippen LogP contribution in [0.15, 0.2) is 34.6 Å². The standard InChI is InChI=1S/C19H29N5O2S2.HI/c1-14(2)23-28(25,26)13-17-9-7-6-8-16(17)10-21-19(20-4)24(5)11-18-12-27-15(3)22-18;/h6-9,12,14,23H,10-11,13H2,1-5H3,(H,20,21);1H. The van der Waals surface area contributed by atoms with E-state index < -0.39 is 10.0 Å². The highest BCUT2D eigenvalue weighted by Crippen LogP contribution is 2.13. The van der Waals surface area contributed by atoms with Gasteiger partial charge in [-0.3, -0.25) is 4.99 Å². The fraction of sp³-hybridized carbons (Fsp3) is 0.474. The summed E-state index contributed by atoms with van der Waals surface area (Å²) in [4.78, 5) is 10.8. The Morgan fingerprint density at radius 1 is 1.28 bits per heavy atom. The molecular formula is C19H30IN5O2S2. The van der Waals surface area contributed by atoms with Gasteiger partial charge in [0, 0.05) is 32.1 Å². The molecule has 0 saturated carbocycles. The van der Waals surface area contributed by atoms with Crippen molar-refractivity contribution in [2.75, 3.05) is 14.1 Å². The highest BCUT2D eigenvalue weighted by Gasteiger charge is 2.16. The van der Waals surface area contributed by atoms with Gasteiger partial charge in [0.25, 0.3) is 0 Å². The van der Waals surface area contributed by atoms with E-state index >= 15 is 0 Å². The van der Waals surface area contributed by atoms with Gasteiger partial charge in [0.1, 0.15) is 0 Å². The molecule has 2 N–H and O–H groups in total. The van der Waals surface area contributed by atoms with Crippen molar-refractivity contribution in [3.05, 3.63) is 51.5 Å². The lowest BCUT2D eigenvalue weighted by atomic mass is 10.1. The molecule has 0 aliphatic carbocycles. The van der Waals surface area contributed by atoms with Crippen LogP contribution in [0.1, 0.15) is 35.7 Å². The average Bonchev–Trinajstić information content (AvgIpc) is 3.00. The third kappa shape index (κ3) is 8.57. The van der Waals surface area contributed by atoms with E-state index in [0.29, 0.717) is 13.1 Å². The lowest BCUT2D eigenvalue weighted by Crippen LogP contribution is -2.38. The number of nitrogens with zero attached hydrogens (tertiary/aromatic N) is 3. The highest BCUT2D eigenvalue weighted by atomic mass is 127. The predicted molar refractivity (Wildman–Crippen MR) is 131 cm³/mol. The molecule has 1 aromatic carbocycles. The number of rotatable bonds is 8. The summed E-state index contributed by atoms with van der Waals surface area (Å²) in [5.41, 5.74) is 2.70. The molecule has 2 aromatic rings. The maximum absolute atomic E-state index is 12.3. The lowest BCUT2D eigenvalue weighted by Gasteiger charge is -2.22. The fourth-order valence-electron chi connectivity index (χ4n) is 2.83. The van der Waals surface area contributed by atoms with Crippen LogP contribution in [0.2, 0.25) is 0 Å². The molecule has 0 amide bonds. The number of benzene rings is 1. The van der Waals surface area contributed by atoms with Gasteiger partial charge in [0.2, 0.25) is 10.0 Å². The van der Waals surface area contributed by atoms with Gasteiger partial charge in [-0.15, -0.1) is 35.3 Å². The second-order valence-electron chi connectivity index (χ2n) is 6.92. The molecular weight excluding hydrogens is 521 g/mol. The van der Waals surface area contributed by atoms with E-state index in [1.54, 1.807) is 18.4 Å². The van der Waals surface area contributed by atoms with Crippen LogP contribution in [0, 0.1) is 6.92 Å². The maximum atomic E-state index is 12.3. The fourth-order valence-corrected chi connectivity index (χ4v) is 4.93. The number of hydrogen-bond acceptors (Lipinski definition) is 5. The Balaban J connectivity index is 0.00000420. The van der Waals surface area contributed by atoms with E-state index in [4.69, 9.17) is 0 Å². The molecule has 29 heavy (non-hydrogen) atoms. The van der Waals surface area contributed by atoms with Gasteiger partial charge in [-0.05, 0) is 31.9 Å². The molecule has 1 aromatic heterocycles. The lowest BCUT2D eigenvalue weighted by molar-refractivity contribution is 0.470. The molecule has 0 atom stereocenters. The number of aromatic nitrogens is 1. The first-order valence-corrected chi connectivity index (χ1v) is 11.6. The topological polar surface area (TPSA) is 86.7 Å². The number of hydrogen-bond donors (Lipinski definition) is 2. The summed E-state index contributed by atoms with van der Waals surface area (Å²) < 4.78 is 27.2. The van der Waals surface area contributed by atoms with Crippen molar-refractivity contribution in [2.24, 2.45) is 4.99 Å². The Hall–Kier alpha value is -1.24. The van der Waals surface area contributed by atoms with Crippen molar-refractivity contribution in [2.45, 2.75) is 45.7 Å². The van der Waals surface area contributed by atoms with E-state index in [2.05, 4.69) is 20.0 Å². The summed E-state index contributed by atoms with van der Waals surface area (Å²) in [5.74, 6) is 0.680. The minimum absolute atomic E-state index is 0. The van der Waals surface area contributed by atoms with Crippen molar-refractivity contribution in [3.8, 4) is 0 Å². The second-order valence-corrected chi connectivity index (χ2v) is 9.73. The summed E-state index contributed by atoms with van der Waals surface area (Å²) in [7, 11) is 0.301. The first-order chi connectivity index (χ1) is 13.2. The Morgan fingerprint density at radius 2 is 1.93 bits per heavy atom. The monoisotopic (exact) mass is 551 g/mol. The zero-order valence-corrected chi connectivity index (χ0v) is 21.4. The van der Waals surface area contributed by atoms with E-state index in [1.165, 1.54) is 0 Å². The Morgan fingerprint density at radius 3 is 2.48 bits per heavy atom. The Kier molecular flexibility index (Phi) is 10.5. The normalized spacial score (nSPS) is 12.0. The highest BCUT2D eigenvalue weighted by molar-refractivity contribution is 14.0. The Labute approximate surface area is 195 Å². The largest absolute Gasteiger partial charge is 0.352 e. The van der Waals surface area contributed by atoms with Crippen LogP contribution in [-0.4, -0.2) is 44.4 Å². The molecule has 0 saturated heterocycles. The van der Waals surface area contributed by atoms with Crippen molar-refractivity contribution in [3.63, 3.8) is 0 Å². The van der Waals surface area contributed by atoms with Crippen LogP contribution in [0.5, 0.6) is 0 Å². The minimum Gasteiger partial charge on any atom is -0.352 e. The molecule has 0 radical (unpaired) electrons. The van der Waals surface area contributed by atoms with Crippen LogP contribution < -0.4 is 10.0 Å². The summed E-state index contributed by atoms with van der Waals surface area (Å²) >= 11 is 1.63. The van der Waals surface area contributed by atoms with Gasteiger partial charge in [-0.2, -0.15) is 0 Å². The van der Waals surface area contributed by atoms with Crippen molar-refractivity contribution >= 4 is 51.3 Å². The molecule has 0 fully saturated rings. The van der Waals surface area contributed by atoms with E-state index in [0.717, 1.165) is 27.8 Å². The van der Waals surface area contributed by atoms with E-state index in [-0.39, 0.29) is 35.8 Å². The smallest absolute Gasteiger partial charge is 0.216 e. The van der Waals surface area contributed by atoms with E-state index in [1.807, 2.05) is 62.4 Å². The third-order valence-corrected chi connectivity index (χ3v) is 6.30. The van der Waals surface area contributed by atoms with Gasteiger partial charge in [0.05, 0.1) is 23.0 Å². The number of aryl methyl sites for hydroxylation is 1. The number of halogens is 1. The van der Waals surface area contributed by atoms with Crippen LogP contribution in [0.25, 0.3) is 0 Å². The molecule has 0 bridgehead atoms. The Bertz CT molecular complexity index is 913. The SMILES string of the molecule is CN=C(NCc1ccccc1CS(=O)(=O)NC(C)C)N(C)Cc1csc(C)n1.I. The van der Waals surface area contributed by atoms with Gasteiger partial charge in [0.15, 0.2) is 5.96 Å². The summed E-state index contributed by atoms with van der Waals surface area (Å²) in [6.07, 6.45) is 0. The molecule has 0 aliphatic heterocycles. The number of sulfonamides is 1. The average molecular weight is 552 g/mol. The van der Waals surface area contributed by atoms with Crippen LogP contribution in [0.4, 0.5) is 0 Å².